The summed E-state index contributed by atoms with van der Waals surface area (Å²) in [4.78, 5) is 4.57. The van der Waals surface area contributed by atoms with Gasteiger partial charge in [0.1, 0.15) is 0 Å². The number of nitrogens with one attached hydrogen (secondary N) is 1. The molecule has 0 aromatic carbocycles. The second kappa shape index (κ2) is 1.55. The third-order valence-corrected chi connectivity index (χ3v) is 0.603. The predicted octanol–water partition coefficient (Wildman–Crippen LogP) is -0.506. The minimum atomic E-state index is 0.176. The van der Waals surface area contributed by atoms with Crippen LogP contribution in [0.2, 0.25) is 0 Å². The molecular weight excluding hydrogens is 82.0 g/mol. The molecule has 1 atom stereocenters. The summed E-state index contributed by atoms with van der Waals surface area (Å²) < 4.78 is 4.68. The molecular formula is C3H7NO2. The largest absolute Gasteiger partial charge is 0.380 e. The van der Waals surface area contributed by atoms with Crippen molar-refractivity contribution in [3.05, 3.63) is 0 Å². The summed E-state index contributed by atoms with van der Waals surface area (Å²) in [6.45, 7) is 0.653. The van der Waals surface area contributed by atoms with E-state index >= 15 is 0 Å². The van der Waals surface area contributed by atoms with Gasteiger partial charge in [0.05, 0.1) is 6.61 Å². The second-order valence-corrected chi connectivity index (χ2v) is 1.18. The van der Waals surface area contributed by atoms with E-state index in [1.54, 1.807) is 7.11 Å². The number of methoxy groups -OCH3 is 1. The van der Waals surface area contributed by atoms with E-state index in [-0.39, 0.29) is 6.23 Å². The number of hydrogen-bond acceptors (Lipinski definition) is 3. The highest BCUT2D eigenvalue weighted by molar-refractivity contribution is 4.53. The molecule has 0 spiro atoms. The van der Waals surface area contributed by atoms with Gasteiger partial charge in [0.25, 0.3) is 0 Å². The Hall–Kier alpha value is -0.120. The van der Waals surface area contributed by atoms with Gasteiger partial charge in [-0.25, -0.2) is 0 Å². The monoisotopic (exact) mass is 89.0 g/mol. The zero-order valence-corrected chi connectivity index (χ0v) is 3.60. The highest BCUT2D eigenvalue weighted by atomic mass is 16.8. The van der Waals surface area contributed by atoms with Crippen molar-refractivity contribution < 1.29 is 9.57 Å². The molecule has 0 aromatic rings. The summed E-state index contributed by atoms with van der Waals surface area (Å²) in [6, 6.07) is 0. The Balaban J connectivity index is 1.88. The van der Waals surface area contributed by atoms with Crippen molar-refractivity contribution in [1.29, 1.82) is 0 Å². The summed E-state index contributed by atoms with van der Waals surface area (Å²) >= 11 is 0. The van der Waals surface area contributed by atoms with E-state index in [1.165, 1.54) is 0 Å². The quantitative estimate of drug-likeness (QED) is 0.463. The van der Waals surface area contributed by atoms with E-state index in [2.05, 4.69) is 15.1 Å². The molecule has 1 fully saturated rings. The van der Waals surface area contributed by atoms with Gasteiger partial charge in [-0.15, -0.1) is 0 Å². The molecule has 0 amide bonds. The van der Waals surface area contributed by atoms with E-state index in [1.807, 2.05) is 0 Å². The Morgan fingerprint density at radius 3 is 2.83 bits per heavy atom. The molecule has 1 heterocycles. The first-order valence-corrected chi connectivity index (χ1v) is 1.83. The molecule has 0 bridgehead atoms. The molecule has 0 saturated carbocycles. The Morgan fingerprint density at radius 2 is 2.67 bits per heavy atom. The van der Waals surface area contributed by atoms with Crippen molar-refractivity contribution in [3.63, 3.8) is 0 Å². The van der Waals surface area contributed by atoms with Crippen molar-refractivity contribution in [2.75, 3.05) is 13.7 Å². The number of rotatable bonds is 2. The lowest BCUT2D eigenvalue weighted by molar-refractivity contribution is 0.171. The number of ether oxygens (including phenoxy) is 1. The highest BCUT2D eigenvalue weighted by Crippen LogP contribution is 1.96. The van der Waals surface area contributed by atoms with E-state index in [0.717, 1.165) is 0 Å². The van der Waals surface area contributed by atoms with Crippen LogP contribution in [0.15, 0.2) is 0 Å². The van der Waals surface area contributed by atoms with Crippen LogP contribution in [0.3, 0.4) is 0 Å². The third-order valence-electron chi connectivity index (χ3n) is 0.603. The van der Waals surface area contributed by atoms with Crippen molar-refractivity contribution in [2.24, 2.45) is 0 Å². The molecule has 1 saturated heterocycles. The van der Waals surface area contributed by atoms with Gasteiger partial charge in [-0.1, -0.05) is 0 Å². The average Bonchev–Trinajstić information content (AvgIpc) is 2.21. The van der Waals surface area contributed by atoms with Gasteiger partial charge in [0.2, 0.25) is 0 Å². The lowest BCUT2D eigenvalue weighted by Crippen LogP contribution is -1.99. The molecule has 36 valence electrons. The van der Waals surface area contributed by atoms with Gasteiger partial charge in [-0.05, 0) is 0 Å². The first kappa shape index (κ1) is 4.05. The minimum absolute atomic E-state index is 0.176. The fourth-order valence-electron chi connectivity index (χ4n) is 0.268. The summed E-state index contributed by atoms with van der Waals surface area (Å²) in [5.74, 6) is 0. The maximum Gasteiger partial charge on any atom is 0.174 e. The van der Waals surface area contributed by atoms with Gasteiger partial charge >= 0.3 is 0 Å². The zero-order chi connectivity index (χ0) is 4.41. The molecule has 6 heavy (non-hydrogen) atoms. The van der Waals surface area contributed by atoms with Crippen molar-refractivity contribution in [3.8, 4) is 0 Å². The van der Waals surface area contributed by atoms with Crippen LogP contribution in [0.5, 0.6) is 0 Å². The highest BCUT2D eigenvalue weighted by Gasteiger charge is 2.20. The Labute approximate surface area is 36.2 Å². The molecule has 3 heteroatoms. The Kier molecular flexibility index (Phi) is 1.05. The minimum Gasteiger partial charge on any atom is -0.380 e. The van der Waals surface area contributed by atoms with Crippen LogP contribution in [-0.2, 0) is 9.57 Å². The molecule has 1 unspecified atom stereocenters. The summed E-state index contributed by atoms with van der Waals surface area (Å²) in [7, 11) is 1.64. The van der Waals surface area contributed by atoms with Gasteiger partial charge in [-0.3, -0.25) is 4.84 Å². The number of hydrogen-bond donors (Lipinski definition) is 1. The molecule has 1 aliphatic heterocycles. The van der Waals surface area contributed by atoms with Crippen LogP contribution in [0, 0.1) is 0 Å². The zero-order valence-electron chi connectivity index (χ0n) is 3.60. The standard InChI is InChI=1S/C3H7NO2/c1-5-2-3-4-6-3/h3-4H,2H2,1H3. The molecule has 1 rings (SSSR count). The van der Waals surface area contributed by atoms with Crippen LogP contribution >= 0.6 is 0 Å². The normalized spacial score (nSPS) is 30.5. The fourth-order valence-corrected chi connectivity index (χ4v) is 0.268. The molecule has 0 radical (unpaired) electrons. The second-order valence-electron chi connectivity index (χ2n) is 1.18. The van der Waals surface area contributed by atoms with Crippen LogP contribution in [-0.4, -0.2) is 19.9 Å². The van der Waals surface area contributed by atoms with Crippen LogP contribution < -0.4 is 5.48 Å². The molecule has 0 aliphatic carbocycles. The van der Waals surface area contributed by atoms with E-state index < -0.39 is 0 Å². The van der Waals surface area contributed by atoms with Gasteiger partial charge < -0.3 is 4.74 Å². The van der Waals surface area contributed by atoms with Crippen LogP contribution in [0.4, 0.5) is 0 Å². The first-order valence-electron chi connectivity index (χ1n) is 1.83. The third kappa shape index (κ3) is 0.931. The van der Waals surface area contributed by atoms with Crippen LogP contribution in [0.1, 0.15) is 0 Å². The average molecular weight is 89.1 g/mol. The van der Waals surface area contributed by atoms with Gasteiger partial charge in [0.15, 0.2) is 6.23 Å². The summed E-state index contributed by atoms with van der Waals surface area (Å²) in [6.07, 6.45) is 0.176. The first-order chi connectivity index (χ1) is 2.93. The fraction of sp³-hybridized carbons (Fsp3) is 1.00. The maximum atomic E-state index is 4.68. The van der Waals surface area contributed by atoms with Crippen molar-refractivity contribution in [2.45, 2.75) is 6.23 Å². The van der Waals surface area contributed by atoms with E-state index in [4.69, 9.17) is 0 Å². The van der Waals surface area contributed by atoms with Gasteiger partial charge in [0, 0.05) is 7.11 Å². The van der Waals surface area contributed by atoms with E-state index in [0.29, 0.717) is 6.61 Å². The maximum absolute atomic E-state index is 4.68. The Morgan fingerprint density at radius 1 is 2.00 bits per heavy atom. The molecule has 1 N–H and O–H groups in total. The lowest BCUT2D eigenvalue weighted by Gasteiger charge is -1.82. The van der Waals surface area contributed by atoms with Crippen molar-refractivity contribution >= 4 is 0 Å². The topological polar surface area (TPSA) is 43.7 Å². The smallest absolute Gasteiger partial charge is 0.174 e. The Bertz CT molecular complexity index is 44.1. The molecule has 3 nitrogen and oxygen atoms in total. The molecule has 1 aliphatic rings. The summed E-state index contributed by atoms with van der Waals surface area (Å²) in [5, 5.41) is 0. The summed E-state index contributed by atoms with van der Waals surface area (Å²) in [5.41, 5.74) is 2.61. The van der Waals surface area contributed by atoms with E-state index in [9.17, 15) is 0 Å². The van der Waals surface area contributed by atoms with Crippen molar-refractivity contribution in [1.82, 2.24) is 5.48 Å². The lowest BCUT2D eigenvalue weighted by atomic mass is 10.7. The number of hydroxylamine groups is 1. The van der Waals surface area contributed by atoms with Gasteiger partial charge in [-0.2, -0.15) is 5.48 Å². The predicted molar refractivity (Wildman–Crippen MR) is 19.9 cm³/mol. The SMILES string of the molecule is COCC1NO1. The van der Waals surface area contributed by atoms with Crippen LogP contribution in [0.25, 0.3) is 0 Å². The molecule has 0 aromatic heterocycles.